The van der Waals surface area contributed by atoms with Crippen molar-refractivity contribution in [2.24, 2.45) is 0 Å². The molecule has 0 saturated heterocycles. The van der Waals surface area contributed by atoms with Crippen molar-refractivity contribution in [3.63, 3.8) is 0 Å². The average molecular weight is 637 g/mol. The number of hydrogen-bond acceptors (Lipinski definition) is 8. The molecule has 2 heterocycles. The number of nitrogens with one attached hydrogen (secondary N) is 5. The summed E-state index contributed by atoms with van der Waals surface area (Å²) < 4.78 is 20.2. The molecule has 0 saturated carbocycles. The van der Waals surface area contributed by atoms with E-state index in [1.54, 1.807) is 51.1 Å². The number of aromatic nitrogens is 2. The lowest BCUT2D eigenvalue weighted by molar-refractivity contribution is 0.0635. The average Bonchev–Trinajstić information content (AvgIpc) is 3.00. The summed E-state index contributed by atoms with van der Waals surface area (Å²) in [7, 11) is 0. The maximum absolute atomic E-state index is 15.0. The van der Waals surface area contributed by atoms with Gasteiger partial charge in [0.2, 0.25) is 0 Å². The lowest BCUT2D eigenvalue weighted by atomic mass is 10.1. The zero-order chi connectivity index (χ0) is 33.7. The van der Waals surface area contributed by atoms with Crippen LogP contribution >= 0.6 is 0 Å². The minimum atomic E-state index is -0.645. The van der Waals surface area contributed by atoms with E-state index in [2.05, 4.69) is 55.3 Å². The number of rotatable bonds is 14. The molecule has 0 atom stereocenters. The summed E-state index contributed by atoms with van der Waals surface area (Å²) in [6.45, 7) is 15.2. The standard InChI is InChI=1S/C33H45FN8O4/c1-7-17-42(9-3)18-16-36-30(43)24-12-14-26(39-29(24)35-8-2)23-11-13-27(25(34)19-23)40-31(44)38-21-22-10-15-28(37-20-22)41-32(45)46-33(4,5)6/h10-15,19-20H,7-9,16-18,21H2,1-6H3,(H,35,39)(H,36,43)(H,37,41,45)(H2,38,40,44). The van der Waals surface area contributed by atoms with Crippen LogP contribution in [0.5, 0.6) is 0 Å². The molecule has 0 aliphatic heterocycles. The summed E-state index contributed by atoms with van der Waals surface area (Å²) >= 11 is 0. The number of nitrogens with zero attached hydrogens (tertiary/aromatic N) is 3. The van der Waals surface area contributed by atoms with Crippen molar-refractivity contribution in [3.05, 3.63) is 65.6 Å². The number of likely N-dealkylation sites (N-methyl/N-ethyl adjacent to an activating group) is 1. The molecule has 1 aromatic carbocycles. The molecule has 0 radical (unpaired) electrons. The highest BCUT2D eigenvalue weighted by molar-refractivity contribution is 5.99. The highest BCUT2D eigenvalue weighted by atomic mass is 19.1. The molecule has 0 aliphatic rings. The quantitative estimate of drug-likeness (QED) is 0.148. The van der Waals surface area contributed by atoms with Crippen LogP contribution in [-0.2, 0) is 11.3 Å². The highest BCUT2D eigenvalue weighted by Gasteiger charge is 2.17. The third-order valence-electron chi connectivity index (χ3n) is 6.60. The van der Waals surface area contributed by atoms with Crippen LogP contribution in [0.15, 0.2) is 48.7 Å². The Kier molecular flexibility index (Phi) is 13.2. The van der Waals surface area contributed by atoms with Crippen molar-refractivity contribution in [2.45, 2.75) is 60.1 Å². The number of hydrogen-bond donors (Lipinski definition) is 5. The van der Waals surface area contributed by atoms with Gasteiger partial charge >= 0.3 is 12.1 Å². The molecule has 248 valence electrons. The van der Waals surface area contributed by atoms with Gasteiger partial charge in [-0.1, -0.05) is 26.0 Å². The monoisotopic (exact) mass is 636 g/mol. The number of urea groups is 1. The molecular weight excluding hydrogens is 591 g/mol. The van der Waals surface area contributed by atoms with E-state index in [0.29, 0.717) is 47.1 Å². The Bertz CT molecular complexity index is 1480. The maximum atomic E-state index is 15.0. The van der Waals surface area contributed by atoms with Gasteiger partial charge in [-0.05, 0) is 83.1 Å². The Labute approximate surface area is 269 Å². The molecule has 5 N–H and O–H groups in total. The fourth-order valence-electron chi connectivity index (χ4n) is 4.41. The van der Waals surface area contributed by atoms with E-state index >= 15 is 4.39 Å². The molecule has 12 nitrogen and oxygen atoms in total. The Morgan fingerprint density at radius 2 is 1.74 bits per heavy atom. The Balaban J connectivity index is 1.58. The predicted molar refractivity (Wildman–Crippen MR) is 178 cm³/mol. The molecule has 4 amide bonds. The SMILES string of the molecule is CCCN(CC)CCNC(=O)c1ccc(-c2ccc(NC(=O)NCc3ccc(NC(=O)OC(C)(C)C)nc3)c(F)c2)nc1NCC. The van der Waals surface area contributed by atoms with Crippen LogP contribution in [-0.4, -0.2) is 71.2 Å². The van der Waals surface area contributed by atoms with Crippen molar-refractivity contribution in [1.82, 2.24) is 25.5 Å². The molecular formula is C33H45FN8O4. The van der Waals surface area contributed by atoms with Crippen molar-refractivity contribution < 1.29 is 23.5 Å². The van der Waals surface area contributed by atoms with Gasteiger partial charge in [-0.3, -0.25) is 10.1 Å². The molecule has 0 bridgehead atoms. The van der Waals surface area contributed by atoms with Crippen LogP contribution in [0, 0.1) is 5.82 Å². The third kappa shape index (κ3) is 11.3. The molecule has 0 fully saturated rings. The third-order valence-corrected chi connectivity index (χ3v) is 6.60. The second-order valence-electron chi connectivity index (χ2n) is 11.5. The second-order valence-corrected chi connectivity index (χ2v) is 11.5. The molecule has 46 heavy (non-hydrogen) atoms. The maximum Gasteiger partial charge on any atom is 0.413 e. The highest BCUT2D eigenvalue weighted by Crippen LogP contribution is 2.26. The van der Waals surface area contributed by atoms with Gasteiger partial charge in [0.15, 0.2) is 0 Å². The van der Waals surface area contributed by atoms with E-state index < -0.39 is 23.5 Å². The van der Waals surface area contributed by atoms with Crippen molar-refractivity contribution in [1.29, 1.82) is 0 Å². The van der Waals surface area contributed by atoms with Gasteiger partial charge in [-0.25, -0.2) is 23.9 Å². The van der Waals surface area contributed by atoms with Crippen LogP contribution in [0.3, 0.4) is 0 Å². The Morgan fingerprint density at radius 3 is 2.37 bits per heavy atom. The molecule has 2 aromatic heterocycles. The number of carbonyl (C=O) groups is 3. The van der Waals surface area contributed by atoms with E-state index in [9.17, 15) is 14.4 Å². The first-order chi connectivity index (χ1) is 21.9. The number of amides is 4. The van der Waals surface area contributed by atoms with Gasteiger partial charge in [0.25, 0.3) is 5.91 Å². The summed E-state index contributed by atoms with van der Waals surface area (Å²) in [5.41, 5.74) is 1.38. The number of pyridine rings is 2. The van der Waals surface area contributed by atoms with Gasteiger partial charge in [0.1, 0.15) is 23.1 Å². The van der Waals surface area contributed by atoms with Gasteiger partial charge in [0.05, 0.1) is 16.9 Å². The van der Waals surface area contributed by atoms with Gasteiger partial charge in [0, 0.05) is 37.9 Å². The Morgan fingerprint density at radius 1 is 0.957 bits per heavy atom. The first-order valence-electron chi connectivity index (χ1n) is 15.5. The summed E-state index contributed by atoms with van der Waals surface area (Å²) in [6.07, 6.45) is 1.93. The first kappa shape index (κ1) is 35.7. The van der Waals surface area contributed by atoms with Crippen LogP contribution in [0.25, 0.3) is 11.3 Å². The van der Waals surface area contributed by atoms with Gasteiger partial charge in [-0.2, -0.15) is 0 Å². The second kappa shape index (κ2) is 17.1. The summed E-state index contributed by atoms with van der Waals surface area (Å²) in [5, 5.41) is 13.8. The van der Waals surface area contributed by atoms with E-state index in [1.165, 1.54) is 18.3 Å². The Hall–Kier alpha value is -4.78. The number of halogens is 1. The van der Waals surface area contributed by atoms with Gasteiger partial charge < -0.3 is 30.9 Å². The number of anilines is 3. The van der Waals surface area contributed by atoms with E-state index in [4.69, 9.17) is 4.74 Å². The number of carbonyl (C=O) groups excluding carboxylic acids is 3. The van der Waals surface area contributed by atoms with Crippen LogP contribution in [0.1, 0.15) is 63.9 Å². The van der Waals surface area contributed by atoms with Crippen molar-refractivity contribution in [2.75, 3.05) is 48.7 Å². The van der Waals surface area contributed by atoms with Crippen LogP contribution in [0.2, 0.25) is 0 Å². The largest absolute Gasteiger partial charge is 0.444 e. The fraction of sp³-hybridized carbons (Fsp3) is 0.424. The molecule has 3 aromatic rings. The first-order valence-corrected chi connectivity index (χ1v) is 15.5. The van der Waals surface area contributed by atoms with E-state index in [1.807, 2.05) is 6.92 Å². The molecule has 0 spiro atoms. The lowest BCUT2D eigenvalue weighted by Gasteiger charge is -2.19. The summed E-state index contributed by atoms with van der Waals surface area (Å²) in [4.78, 5) is 48.3. The molecule has 0 aliphatic carbocycles. The normalized spacial score (nSPS) is 11.1. The van der Waals surface area contributed by atoms with E-state index in [-0.39, 0.29) is 18.1 Å². The zero-order valence-corrected chi connectivity index (χ0v) is 27.4. The van der Waals surface area contributed by atoms with Crippen molar-refractivity contribution >= 4 is 35.4 Å². The van der Waals surface area contributed by atoms with Gasteiger partial charge in [-0.15, -0.1) is 0 Å². The number of ether oxygens (including phenoxy) is 1. The van der Waals surface area contributed by atoms with E-state index in [0.717, 1.165) is 26.1 Å². The smallest absolute Gasteiger partial charge is 0.413 e. The lowest BCUT2D eigenvalue weighted by Crippen LogP contribution is -2.35. The van der Waals surface area contributed by atoms with Crippen LogP contribution in [0.4, 0.5) is 31.3 Å². The number of benzene rings is 1. The van der Waals surface area contributed by atoms with Crippen LogP contribution < -0.4 is 26.6 Å². The molecule has 3 rings (SSSR count). The molecule has 0 unspecified atom stereocenters. The predicted octanol–water partition coefficient (Wildman–Crippen LogP) is 5.84. The fourth-order valence-corrected chi connectivity index (χ4v) is 4.41. The minimum absolute atomic E-state index is 0.0108. The topological polar surface area (TPSA) is 150 Å². The van der Waals surface area contributed by atoms with Crippen molar-refractivity contribution in [3.8, 4) is 11.3 Å². The zero-order valence-electron chi connectivity index (χ0n) is 27.4. The molecule has 13 heteroatoms. The summed E-state index contributed by atoms with van der Waals surface area (Å²) in [5.74, 6) is -0.170. The minimum Gasteiger partial charge on any atom is -0.444 e. The summed E-state index contributed by atoms with van der Waals surface area (Å²) in [6, 6.07) is 10.4.